The Morgan fingerprint density at radius 1 is 1.06 bits per heavy atom. The van der Waals surface area contributed by atoms with Crippen molar-refractivity contribution in [3.63, 3.8) is 0 Å². The first kappa shape index (κ1) is 20.3. The fraction of sp³-hybridized carbons (Fsp3) is 0.100. The van der Waals surface area contributed by atoms with Gasteiger partial charge < -0.3 is 5.84 Å². The van der Waals surface area contributed by atoms with Crippen LogP contribution in [-0.2, 0) is 6.42 Å². The third kappa shape index (κ3) is 4.31. The zero-order chi connectivity index (χ0) is 21.8. The second-order valence-electron chi connectivity index (χ2n) is 6.48. The number of nitrogens with zero attached hydrogens (tertiary/aromatic N) is 4. The lowest BCUT2D eigenvalue weighted by molar-refractivity contribution is -0.672. The molecule has 3 N–H and O–H groups in total. The Kier molecular flexibility index (Phi) is 5.76. The summed E-state index contributed by atoms with van der Waals surface area (Å²) in [5, 5.41) is 10.4. The Labute approximate surface area is 179 Å². The zero-order valence-electron chi connectivity index (χ0n) is 16.1. The van der Waals surface area contributed by atoms with Crippen molar-refractivity contribution < 1.29 is 14.0 Å². The summed E-state index contributed by atoms with van der Waals surface area (Å²) >= 11 is 0.902. The molecule has 4 aromatic rings. The molecule has 31 heavy (non-hydrogen) atoms. The number of benzene rings is 2. The molecule has 2 heterocycles. The lowest BCUT2D eigenvalue weighted by Gasteiger charge is -2.06. The minimum absolute atomic E-state index is 0.0568. The van der Waals surface area contributed by atoms with Crippen molar-refractivity contribution in [3.05, 3.63) is 98.4 Å². The average molecular weight is 437 g/mol. The molecule has 0 saturated heterocycles. The van der Waals surface area contributed by atoms with E-state index >= 15 is 0 Å². The van der Waals surface area contributed by atoms with E-state index in [2.05, 4.69) is 15.5 Å². The lowest BCUT2D eigenvalue weighted by Crippen LogP contribution is -2.41. The normalized spacial score (nSPS) is 10.8. The highest BCUT2D eigenvalue weighted by Crippen LogP contribution is 2.13. The first-order chi connectivity index (χ1) is 15.0. The van der Waals surface area contributed by atoms with Crippen LogP contribution >= 0.6 is 11.8 Å². The first-order valence-corrected chi connectivity index (χ1v) is 10.2. The van der Waals surface area contributed by atoms with Gasteiger partial charge in [0.05, 0.1) is 5.75 Å². The Balaban J connectivity index is 1.52. The molecule has 0 fully saturated rings. The van der Waals surface area contributed by atoms with Gasteiger partial charge in [-0.1, -0.05) is 60.3 Å². The topological polar surface area (TPSA) is 141 Å². The molecule has 2 aromatic carbocycles. The number of carbonyl (C=O) groups is 1. The molecule has 0 amide bonds. The van der Waals surface area contributed by atoms with Crippen LogP contribution in [-0.4, -0.2) is 31.7 Å². The van der Waals surface area contributed by atoms with Gasteiger partial charge in [0.15, 0.2) is 0 Å². The van der Waals surface area contributed by atoms with Crippen LogP contribution in [0.25, 0.3) is 5.69 Å². The van der Waals surface area contributed by atoms with Gasteiger partial charge in [-0.3, -0.25) is 14.1 Å². The molecule has 4 rings (SSSR count). The molecule has 0 aliphatic carbocycles. The molecule has 0 saturated carbocycles. The zero-order valence-corrected chi connectivity index (χ0v) is 16.9. The Bertz CT molecular complexity index is 1330. The van der Waals surface area contributed by atoms with Gasteiger partial charge in [0.2, 0.25) is 16.6 Å². The molecule has 0 aliphatic heterocycles. The van der Waals surface area contributed by atoms with Crippen molar-refractivity contribution in [2.24, 2.45) is 0 Å². The maximum Gasteiger partial charge on any atom is 0.438 e. The number of H-pyrrole nitrogens is 1. The molecule has 0 unspecified atom stereocenters. The monoisotopic (exact) mass is 437 g/mol. The summed E-state index contributed by atoms with van der Waals surface area (Å²) in [5.41, 5.74) is 0.158. The molecule has 0 atom stereocenters. The predicted molar refractivity (Wildman–Crippen MR) is 112 cm³/mol. The van der Waals surface area contributed by atoms with Crippen molar-refractivity contribution in [2.75, 3.05) is 11.6 Å². The number of nitrogen functional groups attached to an aromatic ring is 1. The standard InChI is InChI=1S/C20H16N6O4S/c21-25-18(28)15(11-13-7-3-1-4-8-13)22-23-20(25)31-12-16(27)17-19(29)30-24-26(17)14-9-5-2-6-10-14/h1-10H,11-12,21H2/p+1. The van der Waals surface area contributed by atoms with Gasteiger partial charge in [-0.25, -0.2) is 4.79 Å². The summed E-state index contributed by atoms with van der Waals surface area (Å²) in [4.78, 5) is 37.3. The van der Waals surface area contributed by atoms with Crippen LogP contribution in [0.3, 0.4) is 0 Å². The Hall–Kier alpha value is -3.99. The number of rotatable bonds is 7. The Morgan fingerprint density at radius 2 is 1.74 bits per heavy atom. The van der Waals surface area contributed by atoms with E-state index in [9.17, 15) is 14.4 Å². The minimum atomic E-state index is -0.802. The lowest BCUT2D eigenvalue weighted by atomic mass is 10.1. The van der Waals surface area contributed by atoms with Gasteiger partial charge in [0.25, 0.3) is 5.56 Å². The number of hydrogen-bond donors (Lipinski definition) is 2. The number of nitrogens with two attached hydrogens (primary N) is 1. The average Bonchev–Trinajstić information content (AvgIpc) is 3.19. The van der Waals surface area contributed by atoms with Gasteiger partial charge >= 0.3 is 11.3 Å². The van der Waals surface area contributed by atoms with E-state index in [1.165, 1.54) is 4.68 Å². The smallest absolute Gasteiger partial charge is 0.334 e. The fourth-order valence-electron chi connectivity index (χ4n) is 2.89. The van der Waals surface area contributed by atoms with Crippen molar-refractivity contribution in [2.45, 2.75) is 11.6 Å². The van der Waals surface area contributed by atoms with Crippen LogP contribution < -0.4 is 21.7 Å². The predicted octanol–water partition coefficient (Wildman–Crippen LogP) is 0.476. The number of aromatic amines is 1. The summed E-state index contributed by atoms with van der Waals surface area (Å²) in [6.45, 7) is 0. The summed E-state index contributed by atoms with van der Waals surface area (Å²) in [5.74, 6) is 5.15. The van der Waals surface area contributed by atoms with Crippen LogP contribution in [0.1, 0.15) is 21.7 Å². The molecule has 2 aromatic heterocycles. The molecule has 0 aliphatic rings. The summed E-state index contributed by atoms with van der Waals surface area (Å²) in [6.07, 6.45) is 0.287. The van der Waals surface area contributed by atoms with E-state index in [0.717, 1.165) is 22.0 Å². The minimum Gasteiger partial charge on any atom is -0.334 e. The highest BCUT2D eigenvalue weighted by molar-refractivity contribution is 7.99. The SMILES string of the molecule is Nn1c(SCC(=O)c2c(=O)o[nH][n+]2-c2ccccc2)nnc(Cc2ccccc2)c1=O. The van der Waals surface area contributed by atoms with Crippen molar-refractivity contribution >= 4 is 17.5 Å². The summed E-state index contributed by atoms with van der Waals surface area (Å²) < 4.78 is 6.90. The molecule has 11 heteroatoms. The van der Waals surface area contributed by atoms with Crippen molar-refractivity contribution in [1.29, 1.82) is 0 Å². The van der Waals surface area contributed by atoms with E-state index in [1.807, 2.05) is 30.3 Å². The number of nitrogens with one attached hydrogen (secondary N) is 1. The van der Waals surface area contributed by atoms with E-state index < -0.39 is 17.0 Å². The van der Waals surface area contributed by atoms with Crippen molar-refractivity contribution in [3.8, 4) is 5.69 Å². The van der Waals surface area contributed by atoms with E-state index in [-0.39, 0.29) is 28.7 Å². The van der Waals surface area contributed by atoms with Crippen molar-refractivity contribution in [1.82, 2.24) is 20.1 Å². The second-order valence-corrected chi connectivity index (χ2v) is 7.42. The third-order valence-electron chi connectivity index (χ3n) is 4.40. The molecule has 156 valence electrons. The Morgan fingerprint density at radius 3 is 2.45 bits per heavy atom. The van der Waals surface area contributed by atoms with Crippen LogP contribution in [0.4, 0.5) is 0 Å². The number of aromatic nitrogens is 5. The number of Topliss-reactive ketones (excluding diaryl/α,β-unsaturated/α-hetero) is 1. The third-order valence-corrected chi connectivity index (χ3v) is 5.34. The summed E-state index contributed by atoms with van der Waals surface area (Å²) in [6, 6.07) is 18.1. The van der Waals surface area contributed by atoms with Crippen LogP contribution in [0.15, 0.2) is 79.9 Å². The molecule has 0 bridgehead atoms. The van der Waals surface area contributed by atoms with Crippen LogP contribution in [0.5, 0.6) is 0 Å². The first-order valence-electron chi connectivity index (χ1n) is 9.17. The number of hydrogen-bond acceptors (Lipinski definition) is 8. The van der Waals surface area contributed by atoms with Gasteiger partial charge in [-0.2, -0.15) is 4.68 Å². The molecular formula is C20H17N6O4S+. The van der Waals surface area contributed by atoms with Crippen LogP contribution in [0.2, 0.25) is 0 Å². The highest BCUT2D eigenvalue weighted by atomic mass is 32.2. The molecule has 10 nitrogen and oxygen atoms in total. The van der Waals surface area contributed by atoms with E-state index in [1.54, 1.807) is 30.3 Å². The molecule has 0 spiro atoms. The molecule has 0 radical (unpaired) electrons. The second kappa shape index (κ2) is 8.79. The number of para-hydroxylation sites is 1. The number of thioether (sulfide) groups is 1. The highest BCUT2D eigenvalue weighted by Gasteiger charge is 2.30. The quantitative estimate of drug-likeness (QED) is 0.184. The van der Waals surface area contributed by atoms with E-state index in [4.69, 9.17) is 10.4 Å². The molecular weight excluding hydrogens is 420 g/mol. The maximum atomic E-state index is 12.7. The van der Waals surface area contributed by atoms with Gasteiger partial charge in [-0.15, -0.1) is 10.2 Å². The number of carbonyl (C=O) groups excluding carboxylic acids is 1. The fourth-order valence-corrected chi connectivity index (χ4v) is 3.60. The van der Waals surface area contributed by atoms with Gasteiger partial charge in [-0.05, 0) is 15.5 Å². The summed E-state index contributed by atoms with van der Waals surface area (Å²) in [7, 11) is 0. The maximum absolute atomic E-state index is 12.7. The largest absolute Gasteiger partial charge is 0.438 e. The van der Waals surface area contributed by atoms with Gasteiger partial charge in [0, 0.05) is 18.6 Å². The van der Waals surface area contributed by atoms with E-state index in [0.29, 0.717) is 5.69 Å². The van der Waals surface area contributed by atoms with Gasteiger partial charge in [0.1, 0.15) is 5.69 Å². The number of ketones is 1. The van der Waals surface area contributed by atoms with Crippen LogP contribution in [0, 0.1) is 0 Å².